The molecule has 0 unspecified atom stereocenters. The molecule has 17 heavy (non-hydrogen) atoms. The maximum absolute atomic E-state index is 5.78. The van der Waals surface area contributed by atoms with E-state index >= 15 is 0 Å². The van der Waals surface area contributed by atoms with Crippen LogP contribution < -0.4 is 5.32 Å². The minimum absolute atomic E-state index is 0.566. The summed E-state index contributed by atoms with van der Waals surface area (Å²) >= 11 is 5.78. The summed E-state index contributed by atoms with van der Waals surface area (Å²) in [6.45, 7) is 2.00. The van der Waals surface area contributed by atoms with E-state index in [1.807, 2.05) is 0 Å². The second-order valence-electron chi connectivity index (χ2n) is 4.14. The third-order valence-corrected chi connectivity index (χ3v) is 3.17. The lowest BCUT2D eigenvalue weighted by Crippen LogP contribution is -2.23. The predicted octanol–water partition coefficient (Wildman–Crippen LogP) is 2.44. The van der Waals surface area contributed by atoms with Crippen LogP contribution in [0.2, 0.25) is 5.02 Å². The van der Waals surface area contributed by atoms with Gasteiger partial charge in [0.1, 0.15) is 0 Å². The summed E-state index contributed by atoms with van der Waals surface area (Å²) in [4.78, 5) is 8.48. The lowest BCUT2D eigenvalue weighted by Gasteiger charge is -2.17. The second kappa shape index (κ2) is 4.43. The van der Waals surface area contributed by atoms with Crippen molar-refractivity contribution in [2.24, 2.45) is 0 Å². The van der Waals surface area contributed by atoms with Crippen LogP contribution in [0.25, 0.3) is 11.4 Å². The number of nitrogens with zero attached hydrogens (tertiary/aromatic N) is 2. The van der Waals surface area contributed by atoms with Crippen LogP contribution >= 0.6 is 11.6 Å². The fraction of sp³-hybridized carbons (Fsp3) is 0.231. The Morgan fingerprint density at radius 2 is 1.94 bits per heavy atom. The smallest absolute Gasteiger partial charge is 0.159 e. The summed E-state index contributed by atoms with van der Waals surface area (Å²) in [5, 5.41) is 3.92. The van der Waals surface area contributed by atoms with Gasteiger partial charge in [0.15, 0.2) is 5.82 Å². The molecule has 1 aliphatic heterocycles. The van der Waals surface area contributed by atoms with Crippen LogP contribution in [-0.4, -0.2) is 16.5 Å². The van der Waals surface area contributed by atoms with Gasteiger partial charge in [-0.25, -0.2) is 9.97 Å². The summed E-state index contributed by atoms with van der Waals surface area (Å²) in [5.41, 5.74) is 3.82. The van der Waals surface area contributed by atoms with Crippen LogP contribution in [0.15, 0.2) is 30.6 Å². The molecule has 1 aromatic heterocycles. The highest BCUT2D eigenvalue weighted by Gasteiger charge is 2.10. The Balaban J connectivity index is 2.01. The molecule has 0 fully saturated rings. The van der Waals surface area contributed by atoms with Crippen molar-refractivity contribution in [3.63, 3.8) is 0 Å². The summed E-state index contributed by atoms with van der Waals surface area (Å²) < 4.78 is 0. The van der Waals surface area contributed by atoms with Gasteiger partial charge < -0.3 is 5.32 Å². The van der Waals surface area contributed by atoms with Crippen molar-refractivity contribution in [2.75, 3.05) is 6.54 Å². The molecule has 86 valence electrons. The first-order chi connectivity index (χ1) is 8.33. The number of aromatic nitrogens is 2. The maximum Gasteiger partial charge on any atom is 0.159 e. The van der Waals surface area contributed by atoms with E-state index in [9.17, 15) is 0 Å². The van der Waals surface area contributed by atoms with Gasteiger partial charge in [-0.3, -0.25) is 0 Å². The molecule has 1 aliphatic rings. The quantitative estimate of drug-likeness (QED) is 0.839. The molecule has 0 spiro atoms. The van der Waals surface area contributed by atoms with Crippen LogP contribution in [0, 0.1) is 0 Å². The first kappa shape index (κ1) is 10.7. The topological polar surface area (TPSA) is 37.8 Å². The van der Waals surface area contributed by atoms with Gasteiger partial charge in [-0.2, -0.15) is 0 Å². The lowest BCUT2D eigenvalue weighted by molar-refractivity contribution is 0.644. The largest absolute Gasteiger partial charge is 0.312 e. The van der Waals surface area contributed by atoms with Crippen molar-refractivity contribution in [2.45, 2.75) is 13.0 Å². The van der Waals surface area contributed by atoms with Crippen molar-refractivity contribution >= 4 is 11.6 Å². The van der Waals surface area contributed by atoms with E-state index in [2.05, 4.69) is 33.5 Å². The van der Waals surface area contributed by atoms with Crippen molar-refractivity contribution in [3.05, 3.63) is 46.7 Å². The van der Waals surface area contributed by atoms with E-state index in [0.717, 1.165) is 30.9 Å². The average molecular weight is 246 g/mol. The monoisotopic (exact) mass is 245 g/mol. The van der Waals surface area contributed by atoms with Crippen molar-refractivity contribution in [1.82, 2.24) is 15.3 Å². The average Bonchev–Trinajstić information content (AvgIpc) is 2.39. The summed E-state index contributed by atoms with van der Waals surface area (Å²) in [7, 11) is 0. The molecule has 0 bridgehead atoms. The first-order valence-electron chi connectivity index (χ1n) is 5.63. The Labute approximate surface area is 105 Å². The van der Waals surface area contributed by atoms with Crippen LogP contribution in [0.3, 0.4) is 0 Å². The van der Waals surface area contributed by atoms with E-state index in [-0.39, 0.29) is 0 Å². The molecule has 0 saturated carbocycles. The van der Waals surface area contributed by atoms with Crippen LogP contribution in [0.1, 0.15) is 11.1 Å². The molecule has 0 radical (unpaired) electrons. The van der Waals surface area contributed by atoms with Crippen molar-refractivity contribution in [1.29, 1.82) is 0 Å². The normalized spacial score (nSPS) is 14.4. The van der Waals surface area contributed by atoms with Crippen molar-refractivity contribution < 1.29 is 0 Å². The molecule has 0 amide bonds. The van der Waals surface area contributed by atoms with Gasteiger partial charge in [-0.05, 0) is 30.2 Å². The third kappa shape index (κ3) is 2.16. The van der Waals surface area contributed by atoms with Gasteiger partial charge in [0, 0.05) is 24.5 Å². The molecule has 4 heteroatoms. The maximum atomic E-state index is 5.78. The van der Waals surface area contributed by atoms with Crippen LogP contribution in [0.4, 0.5) is 0 Å². The van der Waals surface area contributed by atoms with E-state index in [0.29, 0.717) is 5.02 Å². The van der Waals surface area contributed by atoms with Gasteiger partial charge in [-0.15, -0.1) is 0 Å². The molecule has 2 heterocycles. The molecular weight excluding hydrogens is 234 g/mol. The second-order valence-corrected chi connectivity index (χ2v) is 4.57. The van der Waals surface area contributed by atoms with Crippen molar-refractivity contribution in [3.8, 4) is 11.4 Å². The molecular formula is C13H12ClN3. The number of hydrogen-bond donors (Lipinski definition) is 1. The zero-order chi connectivity index (χ0) is 11.7. The molecule has 0 aliphatic carbocycles. The molecule has 1 N–H and O–H groups in total. The third-order valence-electron chi connectivity index (χ3n) is 2.97. The Hall–Kier alpha value is -1.45. The molecule has 2 aromatic rings. The standard InChI is InChI=1S/C13H12ClN3/c14-12-7-16-13(17-8-12)10-1-2-11-6-15-4-3-9(11)5-10/h1-2,5,7-8,15H,3-4,6H2. The molecule has 1 aromatic carbocycles. The number of halogens is 1. The summed E-state index contributed by atoms with van der Waals surface area (Å²) in [6.07, 6.45) is 4.33. The van der Waals surface area contributed by atoms with Gasteiger partial charge in [0.05, 0.1) is 5.02 Å². The van der Waals surface area contributed by atoms with E-state index in [1.165, 1.54) is 11.1 Å². The molecule has 3 nitrogen and oxygen atoms in total. The fourth-order valence-corrected chi connectivity index (χ4v) is 2.18. The molecule has 3 rings (SSSR count). The fourth-order valence-electron chi connectivity index (χ4n) is 2.08. The van der Waals surface area contributed by atoms with Gasteiger partial charge in [-0.1, -0.05) is 23.7 Å². The number of hydrogen-bond acceptors (Lipinski definition) is 3. The van der Waals surface area contributed by atoms with Gasteiger partial charge >= 0.3 is 0 Å². The number of nitrogens with one attached hydrogen (secondary N) is 1. The Bertz CT molecular complexity index is 537. The number of fused-ring (bicyclic) bond motifs is 1. The Morgan fingerprint density at radius 3 is 2.76 bits per heavy atom. The van der Waals surface area contributed by atoms with Gasteiger partial charge in [0.25, 0.3) is 0 Å². The minimum atomic E-state index is 0.566. The summed E-state index contributed by atoms with van der Waals surface area (Å²) in [6, 6.07) is 6.39. The van der Waals surface area contributed by atoms with E-state index < -0.39 is 0 Å². The van der Waals surface area contributed by atoms with E-state index in [4.69, 9.17) is 11.6 Å². The van der Waals surface area contributed by atoms with Crippen LogP contribution in [0.5, 0.6) is 0 Å². The highest BCUT2D eigenvalue weighted by Crippen LogP contribution is 2.22. The molecule has 0 saturated heterocycles. The zero-order valence-electron chi connectivity index (χ0n) is 9.28. The Kier molecular flexibility index (Phi) is 2.79. The number of benzene rings is 1. The van der Waals surface area contributed by atoms with Gasteiger partial charge in [0.2, 0.25) is 0 Å². The predicted molar refractivity (Wildman–Crippen MR) is 67.9 cm³/mol. The highest BCUT2D eigenvalue weighted by molar-refractivity contribution is 6.30. The lowest BCUT2D eigenvalue weighted by atomic mass is 9.98. The summed E-state index contributed by atoms with van der Waals surface area (Å²) in [5.74, 6) is 0.732. The van der Waals surface area contributed by atoms with E-state index in [1.54, 1.807) is 12.4 Å². The molecule has 0 atom stereocenters. The SMILES string of the molecule is Clc1cnc(-c2ccc3c(c2)CCNC3)nc1. The highest BCUT2D eigenvalue weighted by atomic mass is 35.5. The minimum Gasteiger partial charge on any atom is -0.312 e. The first-order valence-corrected chi connectivity index (χ1v) is 6.01. The van der Waals surface area contributed by atoms with Crippen LogP contribution in [-0.2, 0) is 13.0 Å². The number of rotatable bonds is 1. The Morgan fingerprint density at radius 1 is 1.12 bits per heavy atom. The zero-order valence-corrected chi connectivity index (χ0v) is 10.0.